The number of aliphatic hydroxyl groups is 1. The van der Waals surface area contributed by atoms with Gasteiger partial charge in [0.15, 0.2) is 5.78 Å². The maximum atomic E-state index is 12.7. The van der Waals surface area contributed by atoms with Gasteiger partial charge in [0.25, 0.3) is 0 Å². The standard InChI is InChI=1S/C19H30N2O3/c1-14-12-18(15(2)21(14)16-4-5-16)19(23)13-20-8-6-17(7-9-20)24-11-3-10-22/h12,16-17,22H,3-11,13H2,1-2H3. The third-order valence-corrected chi connectivity index (χ3v) is 5.25. The number of hydrogen-bond acceptors (Lipinski definition) is 4. The van der Waals surface area contributed by atoms with E-state index in [-0.39, 0.29) is 18.5 Å². The first-order valence-electron chi connectivity index (χ1n) is 9.26. The van der Waals surface area contributed by atoms with Crippen LogP contribution in [-0.2, 0) is 4.74 Å². The minimum Gasteiger partial charge on any atom is -0.396 e. The summed E-state index contributed by atoms with van der Waals surface area (Å²) in [5, 5.41) is 8.80. The van der Waals surface area contributed by atoms with Gasteiger partial charge < -0.3 is 14.4 Å². The van der Waals surface area contributed by atoms with Crippen LogP contribution in [0, 0.1) is 13.8 Å². The molecule has 1 aromatic heterocycles. The van der Waals surface area contributed by atoms with Gasteiger partial charge in [0, 0.05) is 49.3 Å². The van der Waals surface area contributed by atoms with Gasteiger partial charge in [-0.2, -0.15) is 0 Å². The van der Waals surface area contributed by atoms with E-state index in [1.165, 1.54) is 18.5 Å². The summed E-state index contributed by atoms with van der Waals surface area (Å²) in [7, 11) is 0. The fourth-order valence-corrected chi connectivity index (χ4v) is 3.79. The van der Waals surface area contributed by atoms with E-state index < -0.39 is 0 Å². The molecular formula is C19H30N2O3. The van der Waals surface area contributed by atoms with Crippen LogP contribution in [-0.4, -0.2) is 59.3 Å². The number of aromatic nitrogens is 1. The Morgan fingerprint density at radius 3 is 2.58 bits per heavy atom. The Bertz CT molecular complexity index is 569. The summed E-state index contributed by atoms with van der Waals surface area (Å²) < 4.78 is 8.10. The fourth-order valence-electron chi connectivity index (χ4n) is 3.79. The molecule has 2 aliphatic rings. The molecule has 24 heavy (non-hydrogen) atoms. The van der Waals surface area contributed by atoms with Crippen molar-refractivity contribution < 1.29 is 14.6 Å². The SMILES string of the molecule is Cc1cc(C(=O)CN2CCC(OCCCO)CC2)c(C)n1C1CC1. The van der Waals surface area contributed by atoms with Crippen LogP contribution in [0.25, 0.3) is 0 Å². The van der Waals surface area contributed by atoms with E-state index in [0.717, 1.165) is 37.2 Å². The van der Waals surface area contributed by atoms with Crippen LogP contribution in [0.15, 0.2) is 6.07 Å². The molecule has 1 aromatic rings. The molecule has 1 saturated heterocycles. The highest BCUT2D eigenvalue weighted by atomic mass is 16.5. The number of aryl methyl sites for hydroxylation is 1. The number of ketones is 1. The van der Waals surface area contributed by atoms with Gasteiger partial charge in [-0.3, -0.25) is 9.69 Å². The number of aliphatic hydroxyl groups excluding tert-OH is 1. The van der Waals surface area contributed by atoms with Crippen molar-refractivity contribution in [3.8, 4) is 0 Å². The van der Waals surface area contributed by atoms with Crippen molar-refractivity contribution in [2.45, 2.75) is 58.1 Å². The summed E-state index contributed by atoms with van der Waals surface area (Å²) in [6, 6.07) is 2.69. The zero-order valence-corrected chi connectivity index (χ0v) is 15.0. The first kappa shape index (κ1) is 17.6. The molecule has 1 saturated carbocycles. The highest BCUT2D eigenvalue weighted by Gasteiger charge is 2.29. The zero-order valence-electron chi connectivity index (χ0n) is 15.0. The summed E-state index contributed by atoms with van der Waals surface area (Å²) in [6.45, 7) is 7.35. The number of nitrogens with zero attached hydrogens (tertiary/aromatic N) is 2. The van der Waals surface area contributed by atoms with Crippen LogP contribution in [0.3, 0.4) is 0 Å². The molecular weight excluding hydrogens is 304 g/mol. The number of rotatable bonds is 8. The van der Waals surface area contributed by atoms with Crippen molar-refractivity contribution in [3.63, 3.8) is 0 Å². The molecule has 0 amide bonds. The smallest absolute Gasteiger partial charge is 0.178 e. The van der Waals surface area contributed by atoms with Crippen LogP contribution >= 0.6 is 0 Å². The quantitative estimate of drug-likeness (QED) is 0.586. The van der Waals surface area contributed by atoms with Gasteiger partial charge in [-0.15, -0.1) is 0 Å². The molecule has 1 N–H and O–H groups in total. The van der Waals surface area contributed by atoms with Gasteiger partial charge in [-0.05, 0) is 52.0 Å². The van der Waals surface area contributed by atoms with Crippen molar-refractivity contribution in [1.29, 1.82) is 0 Å². The molecule has 0 spiro atoms. The van der Waals surface area contributed by atoms with Crippen molar-refractivity contribution in [2.75, 3.05) is 32.8 Å². The molecule has 3 rings (SSSR count). The highest BCUT2D eigenvalue weighted by Crippen LogP contribution is 2.38. The van der Waals surface area contributed by atoms with Crippen LogP contribution in [0.5, 0.6) is 0 Å². The van der Waals surface area contributed by atoms with Crippen molar-refractivity contribution >= 4 is 5.78 Å². The Morgan fingerprint density at radius 2 is 1.96 bits per heavy atom. The first-order chi connectivity index (χ1) is 11.6. The van der Waals surface area contributed by atoms with E-state index in [9.17, 15) is 4.79 Å². The summed E-state index contributed by atoms with van der Waals surface area (Å²) in [5.41, 5.74) is 3.26. The van der Waals surface area contributed by atoms with Gasteiger partial charge in [0.2, 0.25) is 0 Å². The Balaban J connectivity index is 1.50. The predicted molar refractivity (Wildman–Crippen MR) is 93.6 cm³/mol. The molecule has 0 radical (unpaired) electrons. The Hall–Kier alpha value is -1.17. The van der Waals surface area contributed by atoms with Gasteiger partial charge in [-0.1, -0.05) is 0 Å². The lowest BCUT2D eigenvalue weighted by molar-refractivity contribution is 0.00297. The fraction of sp³-hybridized carbons (Fsp3) is 0.737. The number of likely N-dealkylation sites (tertiary alicyclic amines) is 1. The molecule has 5 heteroatoms. The van der Waals surface area contributed by atoms with Gasteiger partial charge >= 0.3 is 0 Å². The minimum absolute atomic E-state index is 0.187. The predicted octanol–water partition coefficient (Wildman–Crippen LogP) is 2.49. The average Bonchev–Trinajstić information content (AvgIpc) is 3.34. The summed E-state index contributed by atoms with van der Waals surface area (Å²) in [5.74, 6) is 0.245. The second kappa shape index (κ2) is 7.81. The lowest BCUT2D eigenvalue weighted by Gasteiger charge is -2.31. The zero-order chi connectivity index (χ0) is 17.1. The molecule has 0 bridgehead atoms. The van der Waals surface area contributed by atoms with Crippen molar-refractivity contribution in [2.24, 2.45) is 0 Å². The van der Waals surface area contributed by atoms with Crippen LogP contribution in [0.1, 0.15) is 59.9 Å². The summed E-state index contributed by atoms with van der Waals surface area (Å²) in [6.07, 6.45) is 5.42. The average molecular weight is 334 g/mol. The highest BCUT2D eigenvalue weighted by molar-refractivity contribution is 5.99. The number of hydrogen-bond donors (Lipinski definition) is 1. The topological polar surface area (TPSA) is 54.7 Å². The second-order valence-corrected chi connectivity index (χ2v) is 7.23. The second-order valence-electron chi connectivity index (χ2n) is 7.23. The van der Waals surface area contributed by atoms with E-state index in [4.69, 9.17) is 9.84 Å². The Morgan fingerprint density at radius 1 is 1.25 bits per heavy atom. The van der Waals surface area contributed by atoms with Crippen LogP contribution < -0.4 is 0 Å². The van der Waals surface area contributed by atoms with E-state index in [0.29, 0.717) is 25.6 Å². The van der Waals surface area contributed by atoms with Crippen molar-refractivity contribution in [3.05, 3.63) is 23.0 Å². The van der Waals surface area contributed by atoms with Crippen LogP contribution in [0.4, 0.5) is 0 Å². The number of ether oxygens (including phenoxy) is 1. The molecule has 134 valence electrons. The number of carbonyl (C=O) groups is 1. The molecule has 5 nitrogen and oxygen atoms in total. The molecule has 1 aliphatic heterocycles. The van der Waals surface area contributed by atoms with Crippen LogP contribution in [0.2, 0.25) is 0 Å². The lowest BCUT2D eigenvalue weighted by atomic mass is 10.1. The molecule has 2 fully saturated rings. The third kappa shape index (κ3) is 4.08. The van der Waals surface area contributed by atoms with E-state index in [1.54, 1.807) is 0 Å². The monoisotopic (exact) mass is 334 g/mol. The van der Waals surface area contributed by atoms with Gasteiger partial charge in [0.1, 0.15) is 0 Å². The summed E-state index contributed by atoms with van der Waals surface area (Å²) >= 11 is 0. The largest absolute Gasteiger partial charge is 0.396 e. The maximum Gasteiger partial charge on any atom is 0.178 e. The maximum absolute atomic E-state index is 12.7. The Labute approximate surface area is 144 Å². The molecule has 0 atom stereocenters. The minimum atomic E-state index is 0.187. The van der Waals surface area contributed by atoms with Gasteiger partial charge in [0.05, 0.1) is 12.6 Å². The lowest BCUT2D eigenvalue weighted by Crippen LogP contribution is -2.40. The van der Waals surface area contributed by atoms with E-state index in [2.05, 4.69) is 29.4 Å². The summed E-state index contributed by atoms with van der Waals surface area (Å²) in [4.78, 5) is 15.0. The molecule has 0 aromatic carbocycles. The van der Waals surface area contributed by atoms with Crippen molar-refractivity contribution in [1.82, 2.24) is 9.47 Å². The van der Waals surface area contributed by atoms with E-state index in [1.807, 2.05) is 0 Å². The molecule has 0 unspecified atom stereocenters. The molecule has 1 aliphatic carbocycles. The third-order valence-electron chi connectivity index (χ3n) is 5.25. The molecule has 2 heterocycles. The Kier molecular flexibility index (Phi) is 5.74. The first-order valence-corrected chi connectivity index (χ1v) is 9.26. The normalized spacial score (nSPS) is 19.8. The number of carbonyl (C=O) groups excluding carboxylic acids is 1. The van der Waals surface area contributed by atoms with E-state index >= 15 is 0 Å². The number of piperidine rings is 1. The number of Topliss-reactive ketones (excluding diaryl/α,β-unsaturated/α-hetero) is 1. The van der Waals surface area contributed by atoms with Gasteiger partial charge in [-0.25, -0.2) is 0 Å².